The van der Waals surface area contributed by atoms with Crippen LogP contribution in [0.5, 0.6) is 5.75 Å². The Bertz CT molecular complexity index is 1190. The minimum absolute atomic E-state index is 0.0137. The van der Waals surface area contributed by atoms with Crippen molar-refractivity contribution in [2.75, 3.05) is 46.0 Å². The maximum Gasteiger partial charge on any atom is 0.254 e. The molecule has 1 atom stereocenters. The van der Waals surface area contributed by atoms with Gasteiger partial charge in [-0.25, -0.2) is 0 Å². The number of hydrogen-bond donors (Lipinski definition) is 0. The lowest BCUT2D eigenvalue weighted by Gasteiger charge is -2.24. The van der Waals surface area contributed by atoms with Crippen LogP contribution in [0.25, 0.3) is 10.9 Å². The number of carbonyl (C=O) groups is 2. The average molecular weight is 474 g/mol. The number of likely N-dealkylation sites (tertiary alicyclic amines) is 1. The van der Waals surface area contributed by atoms with E-state index >= 15 is 0 Å². The Hall–Kier alpha value is -3.45. The molecule has 2 aromatic carbocycles. The lowest BCUT2D eigenvalue weighted by Crippen LogP contribution is -2.36. The first kappa shape index (κ1) is 23.3. The van der Waals surface area contributed by atoms with Gasteiger partial charge in [0.2, 0.25) is 5.91 Å². The van der Waals surface area contributed by atoms with Crippen molar-refractivity contribution in [3.8, 4) is 5.75 Å². The number of pyridine rings is 1. The average Bonchev–Trinajstić information content (AvgIpc) is 3.15. The molecule has 35 heavy (non-hydrogen) atoms. The molecule has 3 heterocycles. The lowest BCUT2D eigenvalue weighted by atomic mass is 9.96. The van der Waals surface area contributed by atoms with Crippen LogP contribution < -0.4 is 4.74 Å². The number of nitrogens with zero attached hydrogens (tertiary/aromatic N) is 3. The highest BCUT2D eigenvalue weighted by atomic mass is 16.5. The summed E-state index contributed by atoms with van der Waals surface area (Å²) in [6, 6.07) is 17.6. The van der Waals surface area contributed by atoms with Crippen LogP contribution >= 0.6 is 0 Å². The van der Waals surface area contributed by atoms with E-state index in [2.05, 4.69) is 17.1 Å². The predicted molar refractivity (Wildman–Crippen MR) is 133 cm³/mol. The highest BCUT2D eigenvalue weighted by Crippen LogP contribution is 2.23. The van der Waals surface area contributed by atoms with Crippen LogP contribution in [0.4, 0.5) is 0 Å². The summed E-state index contributed by atoms with van der Waals surface area (Å²) in [7, 11) is 0. The molecule has 0 aliphatic carbocycles. The van der Waals surface area contributed by atoms with Crippen LogP contribution in [0.1, 0.15) is 28.8 Å². The molecule has 3 aromatic rings. The topological polar surface area (TPSA) is 72.0 Å². The Morgan fingerprint density at radius 1 is 1.11 bits per heavy atom. The summed E-state index contributed by atoms with van der Waals surface area (Å²) in [5.74, 6) is 1.02. The van der Waals surface area contributed by atoms with E-state index in [1.54, 1.807) is 6.07 Å². The van der Waals surface area contributed by atoms with Crippen molar-refractivity contribution in [2.24, 2.45) is 5.92 Å². The van der Waals surface area contributed by atoms with Crippen LogP contribution in [-0.2, 0) is 16.0 Å². The summed E-state index contributed by atoms with van der Waals surface area (Å²) in [5, 5.41) is 1.15. The van der Waals surface area contributed by atoms with Crippen molar-refractivity contribution >= 4 is 22.7 Å². The zero-order valence-electron chi connectivity index (χ0n) is 19.9. The number of benzene rings is 2. The molecule has 7 heteroatoms. The van der Waals surface area contributed by atoms with Gasteiger partial charge in [-0.05, 0) is 48.7 Å². The zero-order valence-corrected chi connectivity index (χ0v) is 19.9. The first-order valence-electron chi connectivity index (χ1n) is 12.4. The van der Waals surface area contributed by atoms with Gasteiger partial charge in [0, 0.05) is 49.1 Å². The molecule has 2 saturated heterocycles. The summed E-state index contributed by atoms with van der Waals surface area (Å²) < 4.78 is 11.7. The van der Waals surface area contributed by atoms with E-state index in [0.29, 0.717) is 57.2 Å². The van der Waals surface area contributed by atoms with Gasteiger partial charge in [-0.2, -0.15) is 0 Å². The summed E-state index contributed by atoms with van der Waals surface area (Å²) in [6.45, 7) is 4.15. The molecule has 0 bridgehead atoms. The van der Waals surface area contributed by atoms with E-state index in [-0.39, 0.29) is 17.7 Å². The fourth-order valence-electron chi connectivity index (χ4n) is 4.96. The standard InChI is InChI=1S/C28H31N3O4/c32-27-10-4-12-30(27)14-16-35-24-7-1-6-23(18-24)28(33)31-13-15-34-20-21(19-31)17-22-5-2-9-26-25(22)8-3-11-29-26/h1-3,5-9,11,18,21H,4,10,12-17,19-20H2/t21-/m1/s1. The quantitative estimate of drug-likeness (QED) is 0.525. The largest absolute Gasteiger partial charge is 0.492 e. The number of hydrogen-bond acceptors (Lipinski definition) is 5. The molecule has 0 saturated carbocycles. The van der Waals surface area contributed by atoms with Crippen molar-refractivity contribution in [2.45, 2.75) is 19.3 Å². The van der Waals surface area contributed by atoms with Crippen LogP contribution in [0.3, 0.4) is 0 Å². The summed E-state index contributed by atoms with van der Waals surface area (Å²) in [5.41, 5.74) is 2.82. The van der Waals surface area contributed by atoms with Crippen molar-refractivity contribution < 1.29 is 19.1 Å². The van der Waals surface area contributed by atoms with E-state index in [1.165, 1.54) is 5.56 Å². The molecular weight excluding hydrogens is 442 g/mol. The van der Waals surface area contributed by atoms with Gasteiger partial charge < -0.3 is 19.3 Å². The van der Waals surface area contributed by atoms with Crippen LogP contribution in [-0.4, -0.2) is 72.6 Å². The number of aromatic nitrogens is 1. The molecule has 1 aromatic heterocycles. The second-order valence-electron chi connectivity index (χ2n) is 9.24. The monoisotopic (exact) mass is 473 g/mol. The van der Waals surface area contributed by atoms with E-state index in [9.17, 15) is 9.59 Å². The molecule has 0 N–H and O–H groups in total. The van der Waals surface area contributed by atoms with Crippen molar-refractivity contribution in [3.05, 3.63) is 71.9 Å². The van der Waals surface area contributed by atoms with Gasteiger partial charge in [0.25, 0.3) is 5.91 Å². The minimum Gasteiger partial charge on any atom is -0.492 e. The summed E-state index contributed by atoms with van der Waals surface area (Å²) >= 11 is 0. The Morgan fingerprint density at radius 2 is 2.03 bits per heavy atom. The van der Waals surface area contributed by atoms with Crippen molar-refractivity contribution in [3.63, 3.8) is 0 Å². The van der Waals surface area contributed by atoms with Crippen molar-refractivity contribution in [1.82, 2.24) is 14.8 Å². The van der Waals surface area contributed by atoms with E-state index < -0.39 is 0 Å². The Balaban J connectivity index is 1.23. The normalized spacial score (nSPS) is 18.6. The second-order valence-corrected chi connectivity index (χ2v) is 9.24. The van der Waals surface area contributed by atoms with Gasteiger partial charge in [-0.1, -0.05) is 24.3 Å². The van der Waals surface area contributed by atoms with Gasteiger partial charge in [0.15, 0.2) is 0 Å². The maximum absolute atomic E-state index is 13.4. The molecule has 2 fully saturated rings. The van der Waals surface area contributed by atoms with Gasteiger partial charge >= 0.3 is 0 Å². The van der Waals surface area contributed by atoms with Gasteiger partial charge in [-0.3, -0.25) is 14.6 Å². The molecule has 2 aliphatic rings. The summed E-state index contributed by atoms with van der Waals surface area (Å²) in [6.07, 6.45) is 4.18. The van der Waals surface area contributed by atoms with Gasteiger partial charge in [0.05, 0.1) is 25.3 Å². The summed E-state index contributed by atoms with van der Waals surface area (Å²) in [4.78, 5) is 33.4. The second kappa shape index (κ2) is 10.9. The number of amides is 2. The number of rotatable bonds is 7. The molecule has 2 amide bonds. The SMILES string of the molecule is O=C1CCCN1CCOc1cccc(C(=O)N2CCOC[C@H](Cc3cccc4ncccc34)C2)c1. The highest BCUT2D eigenvalue weighted by molar-refractivity contribution is 5.94. The third-order valence-electron chi connectivity index (χ3n) is 6.75. The molecule has 0 spiro atoms. The first-order chi connectivity index (χ1) is 17.2. The van der Waals surface area contributed by atoms with Gasteiger partial charge in [-0.15, -0.1) is 0 Å². The van der Waals surface area contributed by atoms with Crippen LogP contribution in [0, 0.1) is 5.92 Å². The lowest BCUT2D eigenvalue weighted by molar-refractivity contribution is -0.128. The van der Waals surface area contributed by atoms with E-state index in [0.717, 1.165) is 30.3 Å². The smallest absolute Gasteiger partial charge is 0.254 e. The Kier molecular flexibility index (Phi) is 7.23. The molecule has 7 nitrogen and oxygen atoms in total. The predicted octanol–water partition coefficient (Wildman–Crippen LogP) is 3.57. The number of carbonyl (C=O) groups excluding carboxylic acids is 2. The first-order valence-corrected chi connectivity index (χ1v) is 12.4. The third-order valence-corrected chi connectivity index (χ3v) is 6.75. The molecule has 0 unspecified atom stereocenters. The third kappa shape index (κ3) is 5.62. The van der Waals surface area contributed by atoms with E-state index in [4.69, 9.17) is 9.47 Å². The van der Waals surface area contributed by atoms with Crippen LogP contribution in [0.15, 0.2) is 60.8 Å². The fourth-order valence-corrected chi connectivity index (χ4v) is 4.96. The highest BCUT2D eigenvalue weighted by Gasteiger charge is 2.25. The molecular formula is C28H31N3O4. The maximum atomic E-state index is 13.4. The zero-order chi connectivity index (χ0) is 24.0. The molecule has 2 aliphatic heterocycles. The van der Waals surface area contributed by atoms with Crippen LogP contribution in [0.2, 0.25) is 0 Å². The fraction of sp³-hybridized carbons (Fsp3) is 0.393. The Morgan fingerprint density at radius 3 is 2.91 bits per heavy atom. The van der Waals surface area contributed by atoms with Crippen molar-refractivity contribution in [1.29, 1.82) is 0 Å². The molecule has 0 radical (unpaired) electrons. The molecule has 182 valence electrons. The van der Waals surface area contributed by atoms with E-state index in [1.807, 2.05) is 52.4 Å². The van der Waals surface area contributed by atoms with Gasteiger partial charge in [0.1, 0.15) is 12.4 Å². The number of ether oxygens (including phenoxy) is 2. The number of fused-ring (bicyclic) bond motifs is 1. The minimum atomic E-state index is -0.0137. The Labute approximate surface area is 205 Å². The molecule has 5 rings (SSSR count).